The van der Waals surface area contributed by atoms with E-state index in [-0.39, 0.29) is 12.0 Å². The van der Waals surface area contributed by atoms with Crippen molar-refractivity contribution in [1.29, 1.82) is 0 Å². The highest BCUT2D eigenvalue weighted by molar-refractivity contribution is 5.76. The first kappa shape index (κ1) is 15.8. The second-order valence-electron chi connectivity index (χ2n) is 7.12. The molecule has 0 aromatic rings. The molecule has 4 heteroatoms. The smallest absolute Gasteiger partial charge is 0.323 e. The summed E-state index contributed by atoms with van der Waals surface area (Å²) in [6.45, 7) is 11.7. The van der Waals surface area contributed by atoms with E-state index in [9.17, 15) is 4.79 Å². The summed E-state index contributed by atoms with van der Waals surface area (Å²) in [5.74, 6) is 1.31. The largest absolute Gasteiger partial charge is 0.459 e. The lowest BCUT2D eigenvalue weighted by Gasteiger charge is -2.29. The lowest BCUT2D eigenvalue weighted by molar-refractivity contribution is -0.161. The van der Waals surface area contributed by atoms with Crippen LogP contribution in [0.2, 0.25) is 0 Å². The summed E-state index contributed by atoms with van der Waals surface area (Å²) in [6, 6.07) is -0.0819. The zero-order valence-corrected chi connectivity index (χ0v) is 13.4. The summed E-state index contributed by atoms with van der Waals surface area (Å²) in [5.41, 5.74) is -0.400. The van der Waals surface area contributed by atoms with Gasteiger partial charge in [0.2, 0.25) is 0 Å². The van der Waals surface area contributed by atoms with Gasteiger partial charge in [0.1, 0.15) is 11.6 Å². The zero-order valence-electron chi connectivity index (χ0n) is 13.4. The van der Waals surface area contributed by atoms with Gasteiger partial charge in [0.05, 0.1) is 0 Å². The molecule has 0 radical (unpaired) electrons. The maximum atomic E-state index is 12.3. The van der Waals surface area contributed by atoms with Crippen molar-refractivity contribution in [2.75, 3.05) is 26.3 Å². The summed E-state index contributed by atoms with van der Waals surface area (Å²) in [5, 5.41) is 0. The molecule has 116 valence electrons. The predicted octanol–water partition coefficient (Wildman–Crippen LogP) is 2.47. The van der Waals surface area contributed by atoms with Crippen LogP contribution in [-0.2, 0) is 14.3 Å². The lowest BCUT2D eigenvalue weighted by atomic mass is 9.91. The predicted molar refractivity (Wildman–Crippen MR) is 78.5 cm³/mol. The highest BCUT2D eigenvalue weighted by Crippen LogP contribution is 2.31. The molecular weight excluding hydrogens is 254 g/mol. The van der Waals surface area contributed by atoms with Crippen molar-refractivity contribution < 1.29 is 14.3 Å². The average molecular weight is 283 g/mol. The quantitative estimate of drug-likeness (QED) is 0.743. The Bertz CT molecular complexity index is 331. The Hall–Kier alpha value is -0.610. The van der Waals surface area contributed by atoms with E-state index in [0.717, 1.165) is 32.7 Å². The third-order valence-electron chi connectivity index (χ3n) is 4.39. The van der Waals surface area contributed by atoms with Crippen molar-refractivity contribution in [2.24, 2.45) is 11.8 Å². The maximum Gasteiger partial charge on any atom is 0.323 e. The Morgan fingerprint density at radius 2 is 2.10 bits per heavy atom. The third kappa shape index (κ3) is 3.95. The van der Waals surface area contributed by atoms with E-state index in [0.29, 0.717) is 11.8 Å². The number of esters is 1. The molecule has 2 aliphatic rings. The molecule has 3 atom stereocenters. The Kier molecular flexibility index (Phi) is 5.08. The summed E-state index contributed by atoms with van der Waals surface area (Å²) in [7, 11) is 0. The van der Waals surface area contributed by atoms with E-state index in [1.165, 1.54) is 12.8 Å². The normalized spacial score (nSPS) is 29.6. The summed E-state index contributed by atoms with van der Waals surface area (Å²) < 4.78 is 11.1. The second-order valence-corrected chi connectivity index (χ2v) is 7.12. The average Bonchev–Trinajstić information content (AvgIpc) is 2.97. The molecular formula is C16H29NO3. The van der Waals surface area contributed by atoms with Crippen LogP contribution in [0.4, 0.5) is 0 Å². The molecule has 2 heterocycles. The van der Waals surface area contributed by atoms with Crippen molar-refractivity contribution in [3.63, 3.8) is 0 Å². The fourth-order valence-electron chi connectivity index (χ4n) is 3.35. The van der Waals surface area contributed by atoms with Crippen LogP contribution < -0.4 is 0 Å². The van der Waals surface area contributed by atoms with Crippen molar-refractivity contribution in [1.82, 2.24) is 4.90 Å². The number of hydrogen-bond donors (Lipinski definition) is 0. The molecule has 0 amide bonds. The van der Waals surface area contributed by atoms with Gasteiger partial charge >= 0.3 is 5.97 Å². The fraction of sp³-hybridized carbons (Fsp3) is 0.938. The van der Waals surface area contributed by atoms with Gasteiger partial charge in [0.15, 0.2) is 0 Å². The van der Waals surface area contributed by atoms with Gasteiger partial charge < -0.3 is 9.47 Å². The SMILES string of the molecule is CC[C@H](C(=O)OC(C)(C)C)N1CC[C@H]([C@H]2CCOC2)C1. The minimum atomic E-state index is -0.400. The highest BCUT2D eigenvalue weighted by atomic mass is 16.6. The lowest BCUT2D eigenvalue weighted by Crippen LogP contribution is -2.43. The Labute approximate surface area is 122 Å². The van der Waals surface area contributed by atoms with Crippen LogP contribution in [0.25, 0.3) is 0 Å². The monoisotopic (exact) mass is 283 g/mol. The van der Waals surface area contributed by atoms with Crippen molar-refractivity contribution in [2.45, 2.75) is 58.6 Å². The van der Waals surface area contributed by atoms with E-state index in [2.05, 4.69) is 11.8 Å². The van der Waals surface area contributed by atoms with Crippen LogP contribution in [0, 0.1) is 11.8 Å². The first-order chi connectivity index (χ1) is 9.40. The van der Waals surface area contributed by atoms with Crippen LogP contribution in [0.5, 0.6) is 0 Å². The molecule has 0 aromatic heterocycles. The summed E-state index contributed by atoms with van der Waals surface area (Å²) in [4.78, 5) is 14.6. The molecule has 4 nitrogen and oxygen atoms in total. The van der Waals surface area contributed by atoms with Crippen LogP contribution >= 0.6 is 0 Å². The first-order valence-electron chi connectivity index (χ1n) is 7.95. The molecule has 0 unspecified atom stereocenters. The Morgan fingerprint density at radius 1 is 1.35 bits per heavy atom. The van der Waals surface area contributed by atoms with Crippen LogP contribution in [0.1, 0.15) is 47.0 Å². The second kappa shape index (κ2) is 6.44. The number of likely N-dealkylation sites (tertiary alicyclic amines) is 1. The van der Waals surface area contributed by atoms with Crippen LogP contribution in [0.3, 0.4) is 0 Å². The van der Waals surface area contributed by atoms with Crippen LogP contribution in [-0.4, -0.2) is 48.8 Å². The Balaban J connectivity index is 1.90. The molecule has 0 aromatic carbocycles. The van der Waals surface area contributed by atoms with Gasteiger partial charge in [0.25, 0.3) is 0 Å². The van der Waals surface area contributed by atoms with Gasteiger partial charge in [-0.05, 0) is 58.4 Å². The maximum absolute atomic E-state index is 12.3. The van der Waals surface area contributed by atoms with Crippen molar-refractivity contribution in [3.8, 4) is 0 Å². The van der Waals surface area contributed by atoms with E-state index in [4.69, 9.17) is 9.47 Å². The number of carbonyl (C=O) groups excluding carboxylic acids is 1. The van der Waals surface area contributed by atoms with Crippen LogP contribution in [0.15, 0.2) is 0 Å². The molecule has 2 rings (SSSR count). The van der Waals surface area contributed by atoms with E-state index >= 15 is 0 Å². The zero-order chi connectivity index (χ0) is 14.8. The molecule has 0 saturated carbocycles. The minimum absolute atomic E-state index is 0.0664. The molecule has 0 spiro atoms. The minimum Gasteiger partial charge on any atom is -0.459 e. The molecule has 20 heavy (non-hydrogen) atoms. The number of carbonyl (C=O) groups is 1. The standard InChI is InChI=1S/C16H29NO3/c1-5-14(15(18)20-16(2,3)4)17-8-6-12(10-17)13-7-9-19-11-13/h12-14H,5-11H2,1-4H3/t12-,13-,14+/m0/s1. The van der Waals surface area contributed by atoms with E-state index in [1.54, 1.807) is 0 Å². The first-order valence-corrected chi connectivity index (χ1v) is 7.95. The van der Waals surface area contributed by atoms with Gasteiger partial charge in [-0.3, -0.25) is 9.69 Å². The molecule has 2 aliphatic heterocycles. The van der Waals surface area contributed by atoms with Gasteiger partial charge in [-0.2, -0.15) is 0 Å². The third-order valence-corrected chi connectivity index (χ3v) is 4.39. The number of hydrogen-bond acceptors (Lipinski definition) is 4. The van der Waals surface area contributed by atoms with Gasteiger partial charge in [0, 0.05) is 19.8 Å². The molecule has 0 bridgehead atoms. The highest BCUT2D eigenvalue weighted by Gasteiger charge is 2.37. The van der Waals surface area contributed by atoms with Crippen molar-refractivity contribution >= 4 is 5.97 Å². The number of ether oxygens (including phenoxy) is 2. The molecule has 0 aliphatic carbocycles. The van der Waals surface area contributed by atoms with Gasteiger partial charge in [-0.15, -0.1) is 0 Å². The summed E-state index contributed by atoms with van der Waals surface area (Å²) >= 11 is 0. The number of nitrogens with zero attached hydrogens (tertiary/aromatic N) is 1. The molecule has 0 N–H and O–H groups in total. The van der Waals surface area contributed by atoms with Gasteiger partial charge in [-0.25, -0.2) is 0 Å². The fourth-order valence-corrected chi connectivity index (χ4v) is 3.35. The van der Waals surface area contributed by atoms with E-state index in [1.807, 2.05) is 20.8 Å². The topological polar surface area (TPSA) is 38.8 Å². The molecule has 2 saturated heterocycles. The Morgan fingerprint density at radius 3 is 2.65 bits per heavy atom. The van der Waals surface area contributed by atoms with Gasteiger partial charge in [-0.1, -0.05) is 6.92 Å². The van der Waals surface area contributed by atoms with Crippen molar-refractivity contribution in [3.05, 3.63) is 0 Å². The van der Waals surface area contributed by atoms with E-state index < -0.39 is 5.60 Å². The summed E-state index contributed by atoms with van der Waals surface area (Å²) in [6.07, 6.45) is 3.19. The number of rotatable bonds is 4. The molecule has 2 fully saturated rings.